The molecule has 0 unspecified atom stereocenters. The molecule has 5 nitrogen and oxygen atoms in total. The topological polar surface area (TPSA) is 81.1 Å². The zero-order valence-electron chi connectivity index (χ0n) is 4.78. The van der Waals surface area contributed by atoms with Crippen molar-refractivity contribution < 1.29 is 9.60 Å². The van der Waals surface area contributed by atoms with E-state index in [0.29, 0.717) is 6.20 Å². The summed E-state index contributed by atoms with van der Waals surface area (Å²) < 4.78 is 12.2. The summed E-state index contributed by atoms with van der Waals surface area (Å²) in [6.07, 6.45) is 0.643. The van der Waals surface area contributed by atoms with Crippen LogP contribution in [0.5, 0.6) is 0 Å². The van der Waals surface area contributed by atoms with E-state index in [9.17, 15) is 9.18 Å². The molecule has 10 heavy (non-hydrogen) atoms. The lowest BCUT2D eigenvalue weighted by atomic mass is 10.6. The fourth-order valence-electron chi connectivity index (χ4n) is 0.437. The Morgan fingerprint density at radius 2 is 2.40 bits per heavy atom. The fourth-order valence-corrected chi connectivity index (χ4v) is 0.437. The Morgan fingerprint density at radius 3 is 2.90 bits per heavy atom. The van der Waals surface area contributed by atoms with Crippen LogP contribution in [0.4, 0.5) is 10.2 Å². The highest BCUT2D eigenvalue weighted by Crippen LogP contribution is 2.00. The normalized spacial score (nSPS) is 9.70. The minimum Gasteiger partial charge on any atom is -0.422 e. The monoisotopic (exact) mass is 145 g/mol. The summed E-state index contributed by atoms with van der Waals surface area (Å²) in [4.78, 5) is 13.3. The zero-order valence-corrected chi connectivity index (χ0v) is 4.78. The van der Waals surface area contributed by atoms with Gasteiger partial charge in [0, 0.05) is 0 Å². The molecule has 0 amide bonds. The van der Waals surface area contributed by atoms with E-state index in [2.05, 4.69) is 4.98 Å². The maximum absolute atomic E-state index is 12.3. The SMILES string of the molecule is Nc1c(F)cnc(=O)n1O. The van der Waals surface area contributed by atoms with Crippen LogP contribution in [0.15, 0.2) is 11.0 Å². The third kappa shape index (κ3) is 0.790. The Hall–Kier alpha value is -1.59. The van der Waals surface area contributed by atoms with Crippen molar-refractivity contribution in [2.75, 3.05) is 5.73 Å². The summed E-state index contributed by atoms with van der Waals surface area (Å²) in [6.45, 7) is 0. The molecule has 0 saturated heterocycles. The number of nitrogen functional groups attached to an aromatic ring is 1. The third-order valence-corrected chi connectivity index (χ3v) is 0.942. The smallest absolute Gasteiger partial charge is 0.382 e. The Kier molecular flexibility index (Phi) is 1.29. The van der Waals surface area contributed by atoms with Gasteiger partial charge >= 0.3 is 5.69 Å². The maximum Gasteiger partial charge on any atom is 0.382 e. The van der Waals surface area contributed by atoms with Crippen LogP contribution in [-0.4, -0.2) is 14.9 Å². The van der Waals surface area contributed by atoms with Crippen molar-refractivity contribution >= 4 is 5.82 Å². The Morgan fingerprint density at radius 1 is 1.80 bits per heavy atom. The van der Waals surface area contributed by atoms with Crippen molar-refractivity contribution in [3.8, 4) is 0 Å². The second-order valence-electron chi connectivity index (χ2n) is 1.59. The van der Waals surface area contributed by atoms with Crippen molar-refractivity contribution in [2.45, 2.75) is 0 Å². The van der Waals surface area contributed by atoms with Crippen LogP contribution in [-0.2, 0) is 0 Å². The van der Waals surface area contributed by atoms with Gasteiger partial charge in [-0.1, -0.05) is 0 Å². The predicted molar refractivity (Wildman–Crippen MR) is 30.1 cm³/mol. The number of rotatable bonds is 0. The predicted octanol–water partition coefficient (Wildman–Crippen LogP) is -0.798. The third-order valence-electron chi connectivity index (χ3n) is 0.942. The summed E-state index contributed by atoms with van der Waals surface area (Å²) in [5.74, 6) is -1.57. The maximum atomic E-state index is 12.3. The quantitative estimate of drug-likeness (QED) is 0.468. The van der Waals surface area contributed by atoms with E-state index in [-0.39, 0.29) is 4.73 Å². The van der Waals surface area contributed by atoms with Crippen molar-refractivity contribution in [3.05, 3.63) is 22.5 Å². The molecule has 0 aliphatic carbocycles. The van der Waals surface area contributed by atoms with Crippen LogP contribution in [0.1, 0.15) is 0 Å². The lowest BCUT2D eigenvalue weighted by Crippen LogP contribution is -2.24. The van der Waals surface area contributed by atoms with Crippen LogP contribution in [0.25, 0.3) is 0 Å². The van der Waals surface area contributed by atoms with E-state index in [1.54, 1.807) is 0 Å². The van der Waals surface area contributed by atoms with Gasteiger partial charge in [-0.3, -0.25) is 0 Å². The van der Waals surface area contributed by atoms with Gasteiger partial charge in [0.25, 0.3) is 0 Å². The van der Waals surface area contributed by atoms with Crippen LogP contribution in [0.3, 0.4) is 0 Å². The number of hydrogen-bond acceptors (Lipinski definition) is 4. The Bertz CT molecular complexity index is 308. The average molecular weight is 145 g/mol. The van der Waals surface area contributed by atoms with Crippen molar-refractivity contribution in [1.29, 1.82) is 0 Å². The van der Waals surface area contributed by atoms with Gasteiger partial charge in [-0.05, 0) is 0 Å². The first-order valence-electron chi connectivity index (χ1n) is 2.35. The van der Waals surface area contributed by atoms with Crippen LogP contribution < -0.4 is 11.4 Å². The van der Waals surface area contributed by atoms with Gasteiger partial charge in [-0.2, -0.15) is 4.98 Å². The average Bonchev–Trinajstić information content (AvgIpc) is 1.93. The lowest BCUT2D eigenvalue weighted by molar-refractivity contribution is 0.173. The molecular formula is C4H4FN3O2. The van der Waals surface area contributed by atoms with Crippen molar-refractivity contribution in [2.24, 2.45) is 0 Å². The Balaban J connectivity index is 3.49. The minimum absolute atomic E-state index is 0.0602. The molecule has 0 aliphatic rings. The minimum atomic E-state index is -1.00. The summed E-state index contributed by atoms with van der Waals surface area (Å²) in [5.41, 5.74) is 3.88. The molecule has 0 aliphatic heterocycles. The molecule has 0 aromatic carbocycles. The number of nitrogens with zero attached hydrogens (tertiary/aromatic N) is 2. The fraction of sp³-hybridized carbons (Fsp3) is 0. The lowest BCUT2D eigenvalue weighted by Gasteiger charge is -1.98. The molecular weight excluding hydrogens is 141 g/mol. The van der Waals surface area contributed by atoms with E-state index in [1.807, 2.05) is 0 Å². The zero-order chi connectivity index (χ0) is 7.72. The highest BCUT2D eigenvalue weighted by Gasteiger charge is 2.04. The van der Waals surface area contributed by atoms with Crippen LogP contribution in [0.2, 0.25) is 0 Å². The molecule has 6 heteroatoms. The number of aromatic nitrogens is 2. The first-order valence-corrected chi connectivity index (χ1v) is 2.35. The van der Waals surface area contributed by atoms with Gasteiger partial charge in [0.15, 0.2) is 11.6 Å². The van der Waals surface area contributed by atoms with Gasteiger partial charge in [-0.15, -0.1) is 4.73 Å². The molecule has 0 fully saturated rings. The van der Waals surface area contributed by atoms with Crippen molar-refractivity contribution in [3.63, 3.8) is 0 Å². The van der Waals surface area contributed by atoms with Crippen LogP contribution >= 0.6 is 0 Å². The highest BCUT2D eigenvalue weighted by molar-refractivity contribution is 5.27. The van der Waals surface area contributed by atoms with Crippen molar-refractivity contribution in [1.82, 2.24) is 9.71 Å². The molecule has 0 bridgehead atoms. The molecule has 1 aromatic rings. The van der Waals surface area contributed by atoms with E-state index in [0.717, 1.165) is 0 Å². The standard InChI is InChI=1S/C4H4FN3O2/c5-2-1-7-4(9)8(10)3(2)6/h1,10H,6H2. The molecule has 3 N–H and O–H groups in total. The number of anilines is 1. The molecule has 0 spiro atoms. The second-order valence-corrected chi connectivity index (χ2v) is 1.59. The van der Waals surface area contributed by atoms with Gasteiger partial charge in [-0.25, -0.2) is 9.18 Å². The summed E-state index contributed by atoms with van der Waals surface area (Å²) >= 11 is 0. The largest absolute Gasteiger partial charge is 0.422 e. The number of hydrogen-bond donors (Lipinski definition) is 2. The first-order chi connectivity index (χ1) is 4.63. The molecule has 1 aromatic heterocycles. The van der Waals surface area contributed by atoms with E-state index >= 15 is 0 Å². The molecule has 1 rings (SSSR count). The second kappa shape index (κ2) is 1.98. The van der Waals surface area contributed by atoms with Crippen LogP contribution in [0, 0.1) is 5.82 Å². The Labute approximate surface area is 54.5 Å². The van der Waals surface area contributed by atoms with Gasteiger partial charge in [0.05, 0.1) is 6.20 Å². The molecule has 54 valence electrons. The van der Waals surface area contributed by atoms with E-state index < -0.39 is 17.3 Å². The molecule has 0 atom stereocenters. The molecule has 1 heterocycles. The first kappa shape index (κ1) is 6.53. The summed E-state index contributed by atoms with van der Waals surface area (Å²) in [7, 11) is 0. The molecule has 0 saturated carbocycles. The highest BCUT2D eigenvalue weighted by atomic mass is 19.1. The van der Waals surface area contributed by atoms with Gasteiger partial charge in [0.1, 0.15) is 0 Å². The van der Waals surface area contributed by atoms with E-state index in [4.69, 9.17) is 10.9 Å². The summed E-state index contributed by atoms with van der Waals surface area (Å²) in [5, 5.41) is 8.56. The number of nitrogens with two attached hydrogens (primary N) is 1. The summed E-state index contributed by atoms with van der Waals surface area (Å²) in [6, 6.07) is 0. The number of halogens is 1. The van der Waals surface area contributed by atoms with E-state index in [1.165, 1.54) is 0 Å². The molecule has 0 radical (unpaired) electrons. The van der Waals surface area contributed by atoms with Gasteiger partial charge < -0.3 is 10.9 Å². The van der Waals surface area contributed by atoms with Gasteiger partial charge in [0.2, 0.25) is 0 Å².